The van der Waals surface area contributed by atoms with Crippen molar-refractivity contribution in [1.29, 1.82) is 5.26 Å². The standard InChI is InChI=1S/C13H12N2/c1-10(2)8-15-9-11(7-14)12-5-3-4-6-13(12)15/h3-6,8-9H,1-2H3. The molecule has 0 saturated heterocycles. The summed E-state index contributed by atoms with van der Waals surface area (Å²) < 4.78 is 2.00. The zero-order chi connectivity index (χ0) is 10.8. The second-order valence-corrected chi connectivity index (χ2v) is 3.79. The number of aromatic nitrogens is 1. The number of nitrogens with zero attached hydrogens (tertiary/aromatic N) is 2. The van der Waals surface area contributed by atoms with Gasteiger partial charge in [0, 0.05) is 17.8 Å². The van der Waals surface area contributed by atoms with Crippen molar-refractivity contribution in [2.75, 3.05) is 0 Å². The Kier molecular flexibility index (Phi) is 2.31. The first-order chi connectivity index (χ1) is 7.22. The lowest BCUT2D eigenvalue weighted by atomic mass is 10.2. The molecular formula is C13H12N2. The average molecular weight is 196 g/mol. The summed E-state index contributed by atoms with van der Waals surface area (Å²) in [7, 11) is 0. The van der Waals surface area contributed by atoms with Gasteiger partial charge in [-0.1, -0.05) is 23.8 Å². The maximum atomic E-state index is 9.00. The van der Waals surface area contributed by atoms with Crippen LogP contribution >= 0.6 is 0 Å². The summed E-state index contributed by atoms with van der Waals surface area (Å²) in [4.78, 5) is 0. The molecule has 0 aliphatic carbocycles. The smallest absolute Gasteiger partial charge is 0.101 e. The Morgan fingerprint density at radius 3 is 2.73 bits per heavy atom. The highest BCUT2D eigenvalue weighted by Crippen LogP contribution is 2.21. The second-order valence-electron chi connectivity index (χ2n) is 3.79. The molecular weight excluding hydrogens is 184 g/mol. The quantitative estimate of drug-likeness (QED) is 0.687. The van der Waals surface area contributed by atoms with Crippen LogP contribution < -0.4 is 0 Å². The molecule has 0 N–H and O–H groups in total. The maximum absolute atomic E-state index is 9.00. The van der Waals surface area contributed by atoms with Crippen molar-refractivity contribution in [3.8, 4) is 6.07 Å². The van der Waals surface area contributed by atoms with E-state index >= 15 is 0 Å². The van der Waals surface area contributed by atoms with Gasteiger partial charge < -0.3 is 4.57 Å². The third-order valence-corrected chi connectivity index (χ3v) is 2.26. The van der Waals surface area contributed by atoms with E-state index in [1.54, 1.807) is 0 Å². The number of rotatable bonds is 1. The van der Waals surface area contributed by atoms with E-state index in [1.807, 2.05) is 55.1 Å². The summed E-state index contributed by atoms with van der Waals surface area (Å²) in [6, 6.07) is 10.2. The molecule has 0 radical (unpaired) electrons. The van der Waals surface area contributed by atoms with Crippen molar-refractivity contribution in [1.82, 2.24) is 4.57 Å². The third-order valence-electron chi connectivity index (χ3n) is 2.26. The monoisotopic (exact) mass is 196 g/mol. The molecule has 2 rings (SSSR count). The van der Waals surface area contributed by atoms with E-state index in [4.69, 9.17) is 5.26 Å². The van der Waals surface area contributed by atoms with Gasteiger partial charge in [-0.2, -0.15) is 5.26 Å². The first-order valence-electron chi connectivity index (χ1n) is 4.87. The fraction of sp³-hybridized carbons (Fsp3) is 0.154. The minimum absolute atomic E-state index is 0.725. The van der Waals surface area contributed by atoms with Crippen LogP contribution in [0.15, 0.2) is 36.0 Å². The first-order valence-corrected chi connectivity index (χ1v) is 4.87. The summed E-state index contributed by atoms with van der Waals surface area (Å²) in [5, 5.41) is 10.0. The lowest BCUT2D eigenvalue weighted by Crippen LogP contribution is -1.83. The van der Waals surface area contributed by atoms with Gasteiger partial charge in [0.2, 0.25) is 0 Å². The Morgan fingerprint density at radius 1 is 1.33 bits per heavy atom. The van der Waals surface area contributed by atoms with Crippen molar-refractivity contribution in [2.24, 2.45) is 0 Å². The van der Waals surface area contributed by atoms with E-state index in [0.717, 1.165) is 16.5 Å². The van der Waals surface area contributed by atoms with Crippen LogP contribution in [0, 0.1) is 11.3 Å². The zero-order valence-electron chi connectivity index (χ0n) is 8.86. The molecule has 0 aliphatic rings. The molecule has 0 aliphatic heterocycles. The Balaban J connectivity index is 2.77. The molecule has 0 atom stereocenters. The molecule has 2 aromatic rings. The molecule has 74 valence electrons. The molecule has 1 heterocycles. The lowest BCUT2D eigenvalue weighted by Gasteiger charge is -1.97. The molecule has 0 fully saturated rings. The van der Waals surface area contributed by atoms with Gasteiger partial charge in [0.15, 0.2) is 0 Å². The number of allylic oxidation sites excluding steroid dienone is 1. The van der Waals surface area contributed by atoms with Gasteiger partial charge in [0.1, 0.15) is 6.07 Å². The van der Waals surface area contributed by atoms with Crippen molar-refractivity contribution in [3.05, 3.63) is 41.6 Å². The van der Waals surface area contributed by atoms with E-state index in [2.05, 4.69) is 6.07 Å². The molecule has 1 aromatic carbocycles. The van der Waals surface area contributed by atoms with Gasteiger partial charge in [0.05, 0.1) is 11.1 Å². The van der Waals surface area contributed by atoms with E-state index in [-0.39, 0.29) is 0 Å². The zero-order valence-corrected chi connectivity index (χ0v) is 8.86. The molecule has 1 aromatic heterocycles. The highest BCUT2D eigenvalue weighted by atomic mass is 14.9. The number of hydrogen-bond donors (Lipinski definition) is 0. The normalized spacial score (nSPS) is 9.93. The van der Waals surface area contributed by atoms with E-state index in [1.165, 1.54) is 5.57 Å². The molecule has 2 heteroatoms. The Morgan fingerprint density at radius 2 is 2.07 bits per heavy atom. The highest BCUT2D eigenvalue weighted by Gasteiger charge is 2.04. The van der Waals surface area contributed by atoms with Crippen LogP contribution in [0.1, 0.15) is 19.4 Å². The number of benzene rings is 1. The largest absolute Gasteiger partial charge is 0.322 e. The van der Waals surface area contributed by atoms with Gasteiger partial charge in [-0.05, 0) is 19.9 Å². The van der Waals surface area contributed by atoms with E-state index in [9.17, 15) is 0 Å². The summed E-state index contributed by atoms with van der Waals surface area (Å²) in [5.74, 6) is 0. The number of fused-ring (bicyclic) bond motifs is 1. The van der Waals surface area contributed by atoms with E-state index in [0.29, 0.717) is 0 Å². The average Bonchev–Trinajstić information content (AvgIpc) is 2.56. The van der Waals surface area contributed by atoms with Crippen LogP contribution in [0.2, 0.25) is 0 Å². The molecule has 0 bridgehead atoms. The SMILES string of the molecule is CC(C)=Cn1cc(C#N)c2ccccc21. The van der Waals surface area contributed by atoms with Crippen molar-refractivity contribution >= 4 is 17.1 Å². The molecule has 0 unspecified atom stereocenters. The summed E-state index contributed by atoms with van der Waals surface area (Å²) in [5.41, 5.74) is 3.01. The predicted molar refractivity (Wildman–Crippen MR) is 62.3 cm³/mol. The topological polar surface area (TPSA) is 28.7 Å². The fourth-order valence-electron chi connectivity index (χ4n) is 1.68. The van der Waals surface area contributed by atoms with Crippen molar-refractivity contribution in [3.63, 3.8) is 0 Å². The van der Waals surface area contributed by atoms with Crippen molar-refractivity contribution in [2.45, 2.75) is 13.8 Å². The van der Waals surface area contributed by atoms with Crippen molar-refractivity contribution < 1.29 is 0 Å². The minimum atomic E-state index is 0.725. The molecule has 15 heavy (non-hydrogen) atoms. The third kappa shape index (κ3) is 1.64. The number of para-hydroxylation sites is 1. The van der Waals surface area contributed by atoms with Gasteiger partial charge >= 0.3 is 0 Å². The van der Waals surface area contributed by atoms with Gasteiger partial charge in [-0.25, -0.2) is 0 Å². The Bertz CT molecular complexity index is 564. The highest BCUT2D eigenvalue weighted by molar-refractivity contribution is 5.87. The van der Waals surface area contributed by atoms with Gasteiger partial charge in [-0.15, -0.1) is 0 Å². The fourth-order valence-corrected chi connectivity index (χ4v) is 1.68. The number of hydrogen-bond acceptors (Lipinski definition) is 1. The predicted octanol–water partition coefficient (Wildman–Crippen LogP) is 3.39. The molecule has 0 saturated carbocycles. The van der Waals surface area contributed by atoms with Crippen LogP contribution in [0.3, 0.4) is 0 Å². The minimum Gasteiger partial charge on any atom is -0.322 e. The van der Waals surface area contributed by atoms with Crippen LogP contribution in [0.4, 0.5) is 0 Å². The van der Waals surface area contributed by atoms with Gasteiger partial charge in [-0.3, -0.25) is 0 Å². The molecule has 2 nitrogen and oxygen atoms in total. The first kappa shape index (κ1) is 9.54. The number of nitriles is 1. The summed E-state index contributed by atoms with van der Waals surface area (Å²) in [6.45, 7) is 4.08. The summed E-state index contributed by atoms with van der Waals surface area (Å²) in [6.07, 6.45) is 3.90. The van der Waals surface area contributed by atoms with Gasteiger partial charge in [0.25, 0.3) is 0 Å². The van der Waals surface area contributed by atoms with Crippen LogP contribution in [-0.4, -0.2) is 4.57 Å². The van der Waals surface area contributed by atoms with Crippen LogP contribution in [-0.2, 0) is 0 Å². The van der Waals surface area contributed by atoms with Crippen LogP contribution in [0.5, 0.6) is 0 Å². The lowest BCUT2D eigenvalue weighted by molar-refractivity contribution is 1.19. The summed E-state index contributed by atoms with van der Waals surface area (Å²) >= 11 is 0. The Hall–Kier alpha value is -2.01. The maximum Gasteiger partial charge on any atom is 0.101 e. The molecule has 0 amide bonds. The second kappa shape index (κ2) is 3.62. The van der Waals surface area contributed by atoms with E-state index < -0.39 is 0 Å². The molecule has 0 spiro atoms. The van der Waals surface area contributed by atoms with Crippen LogP contribution in [0.25, 0.3) is 17.1 Å². The Labute approximate surface area is 89.1 Å².